The van der Waals surface area contributed by atoms with Crippen LogP contribution >= 0.6 is 0 Å². The summed E-state index contributed by atoms with van der Waals surface area (Å²) in [6.07, 6.45) is -2.08. The molecule has 1 atom stereocenters. The van der Waals surface area contributed by atoms with Crippen LogP contribution in [0.1, 0.15) is 31.0 Å². The van der Waals surface area contributed by atoms with Gasteiger partial charge in [-0.3, -0.25) is 0 Å². The van der Waals surface area contributed by atoms with Gasteiger partial charge in [-0.15, -0.1) is 0 Å². The minimum absolute atomic E-state index is 0.353. The summed E-state index contributed by atoms with van der Waals surface area (Å²) in [7, 11) is 0. The lowest BCUT2D eigenvalue weighted by atomic mass is 10.0. The Labute approximate surface area is 145 Å². The van der Waals surface area contributed by atoms with Crippen molar-refractivity contribution in [1.82, 2.24) is 9.97 Å². The van der Waals surface area contributed by atoms with E-state index in [0.717, 1.165) is 37.3 Å². The Bertz CT molecular complexity index is 745. The van der Waals surface area contributed by atoms with E-state index in [1.807, 2.05) is 6.92 Å². The number of alkyl halides is 3. The number of anilines is 3. The monoisotopic (exact) mass is 350 g/mol. The molecule has 1 aromatic heterocycles. The Kier molecular flexibility index (Phi) is 4.83. The lowest BCUT2D eigenvalue weighted by Crippen LogP contribution is -2.35. The van der Waals surface area contributed by atoms with E-state index in [-0.39, 0.29) is 0 Å². The second kappa shape index (κ2) is 6.90. The largest absolute Gasteiger partial charge is 0.416 e. The van der Waals surface area contributed by atoms with Crippen molar-refractivity contribution < 1.29 is 13.2 Å². The molecule has 0 aliphatic carbocycles. The fourth-order valence-electron chi connectivity index (χ4n) is 3.05. The topological polar surface area (TPSA) is 41.1 Å². The Balaban J connectivity index is 1.83. The van der Waals surface area contributed by atoms with Crippen LogP contribution in [0, 0.1) is 12.8 Å². The standard InChI is InChI=1S/C18H21F3N4/c1-12-5-4-8-25(11-12)17-22-13(2)9-16(24-17)23-15-7-3-6-14(10-15)18(19,20)21/h3,6-7,9-10,12H,4-5,8,11H2,1-2H3,(H,22,23,24). The highest BCUT2D eigenvalue weighted by Crippen LogP contribution is 2.31. The molecule has 0 spiro atoms. The van der Waals surface area contributed by atoms with Crippen LogP contribution in [0.2, 0.25) is 0 Å². The Hall–Kier alpha value is -2.31. The molecule has 1 aliphatic heterocycles. The highest BCUT2D eigenvalue weighted by atomic mass is 19.4. The SMILES string of the molecule is Cc1cc(Nc2cccc(C(F)(F)F)c2)nc(N2CCCC(C)C2)n1. The van der Waals surface area contributed by atoms with Gasteiger partial charge in [-0.25, -0.2) is 4.98 Å². The maximum Gasteiger partial charge on any atom is 0.416 e. The summed E-state index contributed by atoms with van der Waals surface area (Å²) in [5.41, 5.74) is 0.442. The third-order valence-electron chi connectivity index (χ3n) is 4.24. The van der Waals surface area contributed by atoms with Gasteiger partial charge >= 0.3 is 6.18 Å². The van der Waals surface area contributed by atoms with Crippen molar-refractivity contribution >= 4 is 17.5 Å². The molecule has 0 amide bonds. The predicted octanol–water partition coefficient (Wildman–Crippen LogP) is 4.78. The van der Waals surface area contributed by atoms with Crippen molar-refractivity contribution in [2.75, 3.05) is 23.3 Å². The molecule has 2 heterocycles. The summed E-state index contributed by atoms with van der Waals surface area (Å²) in [4.78, 5) is 11.1. The first-order chi connectivity index (χ1) is 11.8. The van der Waals surface area contributed by atoms with Crippen LogP contribution in [0.25, 0.3) is 0 Å². The molecule has 3 rings (SSSR count). The first-order valence-corrected chi connectivity index (χ1v) is 8.36. The normalized spacial score (nSPS) is 18.3. The van der Waals surface area contributed by atoms with Crippen molar-refractivity contribution in [3.8, 4) is 0 Å². The lowest BCUT2D eigenvalue weighted by molar-refractivity contribution is -0.137. The zero-order valence-electron chi connectivity index (χ0n) is 14.3. The van der Waals surface area contributed by atoms with Gasteiger partial charge in [-0.2, -0.15) is 18.2 Å². The smallest absolute Gasteiger partial charge is 0.340 e. The van der Waals surface area contributed by atoms with E-state index in [1.165, 1.54) is 12.5 Å². The van der Waals surface area contributed by atoms with Gasteiger partial charge in [-0.05, 0) is 43.9 Å². The summed E-state index contributed by atoms with van der Waals surface area (Å²) in [5, 5.41) is 2.97. The molecular weight excluding hydrogens is 329 g/mol. The van der Waals surface area contributed by atoms with Crippen LogP contribution in [0.15, 0.2) is 30.3 Å². The fourth-order valence-corrected chi connectivity index (χ4v) is 3.05. The van der Waals surface area contributed by atoms with E-state index in [0.29, 0.717) is 23.4 Å². The van der Waals surface area contributed by atoms with Crippen molar-refractivity contribution in [1.29, 1.82) is 0 Å². The van der Waals surface area contributed by atoms with Crippen LogP contribution < -0.4 is 10.2 Å². The first-order valence-electron chi connectivity index (χ1n) is 8.36. The number of halogens is 3. The maximum absolute atomic E-state index is 12.9. The van der Waals surface area contributed by atoms with Gasteiger partial charge in [0.15, 0.2) is 0 Å². The number of hydrogen-bond acceptors (Lipinski definition) is 4. The third kappa shape index (κ3) is 4.41. The van der Waals surface area contributed by atoms with Gasteiger partial charge in [0.1, 0.15) is 5.82 Å². The molecule has 25 heavy (non-hydrogen) atoms. The summed E-state index contributed by atoms with van der Waals surface area (Å²) >= 11 is 0. The molecule has 0 saturated carbocycles. The maximum atomic E-state index is 12.9. The van der Waals surface area contributed by atoms with Crippen LogP contribution in [-0.2, 0) is 6.18 Å². The van der Waals surface area contributed by atoms with Crippen LogP contribution in [0.3, 0.4) is 0 Å². The molecule has 1 aromatic carbocycles. The van der Waals surface area contributed by atoms with Crippen LogP contribution in [0.4, 0.5) is 30.6 Å². The van der Waals surface area contributed by atoms with Gasteiger partial charge in [0, 0.05) is 30.5 Å². The van der Waals surface area contributed by atoms with Crippen LogP contribution in [0.5, 0.6) is 0 Å². The number of hydrogen-bond donors (Lipinski definition) is 1. The van der Waals surface area contributed by atoms with Crippen molar-refractivity contribution in [2.45, 2.75) is 32.9 Å². The third-order valence-corrected chi connectivity index (χ3v) is 4.24. The van der Waals surface area contributed by atoms with E-state index in [2.05, 4.69) is 27.1 Å². The van der Waals surface area contributed by atoms with Crippen molar-refractivity contribution in [3.05, 3.63) is 41.6 Å². The molecule has 1 saturated heterocycles. The number of nitrogens with zero attached hydrogens (tertiary/aromatic N) is 3. The van der Waals surface area contributed by atoms with Gasteiger partial charge < -0.3 is 10.2 Å². The van der Waals surface area contributed by atoms with E-state index >= 15 is 0 Å². The minimum Gasteiger partial charge on any atom is -0.340 e. The number of aromatic nitrogens is 2. The Morgan fingerprint density at radius 1 is 1.20 bits per heavy atom. The second-order valence-corrected chi connectivity index (χ2v) is 6.59. The lowest BCUT2D eigenvalue weighted by Gasteiger charge is -2.31. The number of piperidine rings is 1. The summed E-state index contributed by atoms with van der Waals surface area (Å²) in [6.45, 7) is 5.85. The molecule has 1 N–H and O–H groups in total. The molecular formula is C18H21F3N4. The quantitative estimate of drug-likeness (QED) is 0.865. The Morgan fingerprint density at radius 3 is 2.72 bits per heavy atom. The summed E-state index contributed by atoms with van der Waals surface area (Å²) < 4.78 is 38.6. The predicted molar refractivity (Wildman–Crippen MR) is 92.1 cm³/mol. The zero-order valence-corrected chi connectivity index (χ0v) is 14.3. The molecule has 7 heteroatoms. The van der Waals surface area contributed by atoms with E-state index in [1.54, 1.807) is 12.1 Å². The summed E-state index contributed by atoms with van der Waals surface area (Å²) in [5.74, 6) is 1.71. The van der Waals surface area contributed by atoms with Gasteiger partial charge in [0.05, 0.1) is 5.56 Å². The first kappa shape index (κ1) is 17.5. The summed E-state index contributed by atoms with van der Waals surface area (Å²) in [6, 6.07) is 6.84. The van der Waals surface area contributed by atoms with Gasteiger partial charge in [-0.1, -0.05) is 13.0 Å². The highest BCUT2D eigenvalue weighted by molar-refractivity contribution is 5.59. The molecule has 4 nitrogen and oxygen atoms in total. The molecule has 1 unspecified atom stereocenters. The fraction of sp³-hybridized carbons (Fsp3) is 0.444. The van der Waals surface area contributed by atoms with E-state index in [9.17, 15) is 13.2 Å². The number of aryl methyl sites for hydroxylation is 1. The number of nitrogens with one attached hydrogen (secondary N) is 1. The molecule has 1 fully saturated rings. The molecule has 2 aromatic rings. The molecule has 0 radical (unpaired) electrons. The van der Waals surface area contributed by atoms with Gasteiger partial charge in [0.25, 0.3) is 0 Å². The van der Waals surface area contributed by atoms with Crippen molar-refractivity contribution in [2.24, 2.45) is 5.92 Å². The van der Waals surface area contributed by atoms with Crippen LogP contribution in [-0.4, -0.2) is 23.1 Å². The average molecular weight is 350 g/mol. The second-order valence-electron chi connectivity index (χ2n) is 6.59. The zero-order chi connectivity index (χ0) is 18.0. The molecule has 1 aliphatic rings. The van der Waals surface area contributed by atoms with Crippen molar-refractivity contribution in [3.63, 3.8) is 0 Å². The highest BCUT2D eigenvalue weighted by Gasteiger charge is 2.30. The van der Waals surface area contributed by atoms with Gasteiger partial charge in [0.2, 0.25) is 5.95 Å². The number of rotatable bonds is 3. The molecule has 134 valence electrons. The average Bonchev–Trinajstić information content (AvgIpc) is 2.54. The molecule has 0 bridgehead atoms. The Morgan fingerprint density at radius 2 is 2.00 bits per heavy atom. The minimum atomic E-state index is -4.37. The number of benzene rings is 1. The van der Waals surface area contributed by atoms with E-state index < -0.39 is 11.7 Å². The van der Waals surface area contributed by atoms with E-state index in [4.69, 9.17) is 0 Å².